The van der Waals surface area contributed by atoms with E-state index < -0.39 is 29.3 Å². The summed E-state index contributed by atoms with van der Waals surface area (Å²) in [5.41, 5.74) is 2.20. The van der Waals surface area contributed by atoms with Gasteiger partial charge in [0, 0.05) is 29.3 Å². The van der Waals surface area contributed by atoms with E-state index >= 15 is 0 Å². The Bertz CT molecular complexity index is 1490. The molecule has 0 heterocycles. The van der Waals surface area contributed by atoms with Gasteiger partial charge in [-0.1, -0.05) is 26.0 Å². The number of amides is 1. The molecular formula is C34H34F4N2O3. The maximum Gasteiger partial charge on any atom is 0.251 e. The van der Waals surface area contributed by atoms with Gasteiger partial charge >= 0.3 is 0 Å². The zero-order chi connectivity index (χ0) is 31.1. The third kappa shape index (κ3) is 8.20. The highest BCUT2D eigenvalue weighted by Gasteiger charge is 2.29. The first-order valence-electron chi connectivity index (χ1n) is 14.2. The van der Waals surface area contributed by atoms with Gasteiger partial charge in [0.1, 0.15) is 12.4 Å². The van der Waals surface area contributed by atoms with Gasteiger partial charge in [-0.15, -0.1) is 0 Å². The fraction of sp³-hybridized carbons (Fsp3) is 0.294. The molecule has 3 aromatic rings. The number of nitrogens with one attached hydrogen (secondary N) is 1. The van der Waals surface area contributed by atoms with Crippen molar-refractivity contribution in [2.24, 2.45) is 0 Å². The van der Waals surface area contributed by atoms with Crippen LogP contribution < -0.4 is 10.1 Å². The normalized spacial score (nSPS) is 17.1. The number of likely N-dealkylation sites (N-methyl/N-ethyl adjacent to an activating group) is 1. The minimum atomic E-state index is -1.06. The summed E-state index contributed by atoms with van der Waals surface area (Å²) in [5, 5.41) is 2.97. The molecule has 9 heteroatoms. The van der Waals surface area contributed by atoms with E-state index in [1.807, 2.05) is 0 Å². The number of nitrogens with zero attached hydrogens (tertiary/aromatic N) is 1. The van der Waals surface area contributed by atoms with Crippen LogP contribution in [0.4, 0.5) is 17.6 Å². The standard InChI is InChI=1S/C34H34F4N2O3/c1-4-40(5-2)12-13-43-27-8-9-28(21(3)14-27)34(42)39-26-19-24(15-22-6-10-29(35)31(37)17-22)33(41)25(20-26)16-23-7-11-30(36)32(38)18-23/h6-11,14-18,26H,4-5,12-13,19-20H2,1-3H3,(H,39,42)/b24-15+,25-16+. The Labute approximate surface area is 248 Å². The van der Waals surface area contributed by atoms with Gasteiger partial charge in [0.25, 0.3) is 5.91 Å². The number of benzene rings is 3. The first-order chi connectivity index (χ1) is 20.6. The summed E-state index contributed by atoms with van der Waals surface area (Å²) in [5.74, 6) is -4.24. The zero-order valence-corrected chi connectivity index (χ0v) is 24.4. The van der Waals surface area contributed by atoms with Gasteiger partial charge in [-0.2, -0.15) is 0 Å². The minimum Gasteiger partial charge on any atom is -0.492 e. The molecule has 0 spiro atoms. The van der Waals surface area contributed by atoms with Crippen LogP contribution in [0.1, 0.15) is 53.7 Å². The summed E-state index contributed by atoms with van der Waals surface area (Å²) in [6.45, 7) is 9.15. The number of ether oxygens (including phenoxy) is 1. The summed E-state index contributed by atoms with van der Waals surface area (Å²) in [6.07, 6.45) is 3.14. The number of carbonyl (C=O) groups excluding carboxylic acids is 2. The Hall–Kier alpha value is -4.24. The number of ketones is 1. The van der Waals surface area contributed by atoms with Crippen LogP contribution in [0, 0.1) is 30.2 Å². The molecule has 43 heavy (non-hydrogen) atoms. The lowest BCUT2D eigenvalue weighted by molar-refractivity contribution is -0.113. The number of rotatable bonds is 10. The lowest BCUT2D eigenvalue weighted by atomic mass is 9.83. The van der Waals surface area contributed by atoms with Crippen LogP contribution in [0.5, 0.6) is 5.75 Å². The quantitative estimate of drug-likeness (QED) is 0.205. The fourth-order valence-corrected chi connectivity index (χ4v) is 5.03. The van der Waals surface area contributed by atoms with Crippen LogP contribution in [-0.2, 0) is 4.79 Å². The van der Waals surface area contributed by atoms with Crippen LogP contribution in [0.15, 0.2) is 65.7 Å². The third-order valence-electron chi connectivity index (χ3n) is 7.43. The van der Waals surface area contributed by atoms with Gasteiger partial charge in [0.2, 0.25) is 0 Å². The molecule has 1 saturated carbocycles. The Morgan fingerprint density at radius 2 is 1.42 bits per heavy atom. The molecule has 0 unspecified atom stereocenters. The molecule has 0 aliphatic heterocycles. The maximum atomic E-state index is 13.9. The Kier molecular flexibility index (Phi) is 10.5. The van der Waals surface area contributed by atoms with Crippen LogP contribution in [0.25, 0.3) is 12.2 Å². The highest BCUT2D eigenvalue weighted by Crippen LogP contribution is 2.30. The second-order valence-electron chi connectivity index (χ2n) is 10.4. The SMILES string of the molecule is CCN(CC)CCOc1ccc(C(=O)NC2C/C(=C\c3ccc(F)c(F)c3)C(=O)/C(=C/c3ccc(F)c(F)c3)C2)c(C)c1. The molecule has 1 fully saturated rings. The van der Waals surface area contributed by atoms with E-state index in [0.717, 1.165) is 43.9 Å². The monoisotopic (exact) mass is 594 g/mol. The van der Waals surface area contributed by atoms with Crippen molar-refractivity contribution in [1.82, 2.24) is 10.2 Å². The van der Waals surface area contributed by atoms with Crippen LogP contribution in [0.3, 0.4) is 0 Å². The molecule has 5 nitrogen and oxygen atoms in total. The number of Topliss-reactive ketones (excluding diaryl/α,β-unsaturated/α-hetero) is 1. The van der Waals surface area contributed by atoms with Gasteiger partial charge < -0.3 is 15.0 Å². The van der Waals surface area contributed by atoms with Crippen LogP contribution in [0.2, 0.25) is 0 Å². The Morgan fingerprint density at radius 1 is 0.860 bits per heavy atom. The third-order valence-corrected chi connectivity index (χ3v) is 7.43. The predicted octanol–water partition coefficient (Wildman–Crippen LogP) is 6.90. The van der Waals surface area contributed by atoms with E-state index in [2.05, 4.69) is 24.1 Å². The molecule has 1 amide bonds. The molecule has 0 aromatic heterocycles. The molecule has 1 N–H and O–H groups in total. The highest BCUT2D eigenvalue weighted by atomic mass is 19.2. The average Bonchev–Trinajstić information content (AvgIpc) is 2.97. The second-order valence-corrected chi connectivity index (χ2v) is 10.4. The van der Waals surface area contributed by atoms with Crippen molar-refractivity contribution in [2.45, 2.75) is 39.7 Å². The molecule has 0 bridgehead atoms. The Morgan fingerprint density at radius 3 is 1.91 bits per heavy atom. The average molecular weight is 595 g/mol. The van der Waals surface area contributed by atoms with Gasteiger partial charge in [-0.05, 0) is 104 Å². The molecule has 226 valence electrons. The lowest BCUT2D eigenvalue weighted by Gasteiger charge is -2.27. The summed E-state index contributed by atoms with van der Waals surface area (Å²) >= 11 is 0. The summed E-state index contributed by atoms with van der Waals surface area (Å²) in [4.78, 5) is 29.0. The van der Waals surface area contributed by atoms with Crippen molar-refractivity contribution in [2.75, 3.05) is 26.2 Å². The van der Waals surface area contributed by atoms with Crippen molar-refractivity contribution < 1.29 is 31.9 Å². The Balaban J connectivity index is 1.56. The maximum absolute atomic E-state index is 13.9. The van der Waals surface area contributed by atoms with Crippen molar-refractivity contribution in [3.63, 3.8) is 0 Å². The fourth-order valence-electron chi connectivity index (χ4n) is 5.03. The molecule has 1 aliphatic carbocycles. The van der Waals surface area contributed by atoms with Gasteiger partial charge in [0.05, 0.1) is 0 Å². The molecule has 4 rings (SSSR count). The van der Waals surface area contributed by atoms with Gasteiger partial charge in [0.15, 0.2) is 29.1 Å². The smallest absolute Gasteiger partial charge is 0.251 e. The van der Waals surface area contributed by atoms with Crippen molar-refractivity contribution in [1.29, 1.82) is 0 Å². The number of aryl methyl sites for hydroxylation is 1. The number of carbonyl (C=O) groups is 2. The number of hydrogen-bond acceptors (Lipinski definition) is 4. The van der Waals surface area contributed by atoms with E-state index in [-0.39, 0.29) is 46.8 Å². The van der Waals surface area contributed by atoms with E-state index in [0.29, 0.717) is 23.5 Å². The topological polar surface area (TPSA) is 58.6 Å². The van der Waals surface area contributed by atoms with Crippen molar-refractivity contribution in [3.05, 3.63) is 111 Å². The largest absolute Gasteiger partial charge is 0.492 e. The van der Waals surface area contributed by atoms with Crippen molar-refractivity contribution in [3.8, 4) is 5.75 Å². The summed E-state index contributed by atoms with van der Waals surface area (Å²) in [7, 11) is 0. The van der Waals surface area contributed by atoms with Crippen LogP contribution >= 0.6 is 0 Å². The first-order valence-corrected chi connectivity index (χ1v) is 14.2. The summed E-state index contributed by atoms with van der Waals surface area (Å²) in [6, 6.07) is 11.2. The molecule has 0 radical (unpaired) electrons. The van der Waals surface area contributed by atoms with Crippen LogP contribution in [-0.4, -0.2) is 48.9 Å². The van der Waals surface area contributed by atoms with Gasteiger partial charge in [-0.25, -0.2) is 17.6 Å². The van der Waals surface area contributed by atoms with Crippen molar-refractivity contribution >= 4 is 23.8 Å². The zero-order valence-electron chi connectivity index (χ0n) is 24.4. The molecular weight excluding hydrogens is 560 g/mol. The number of hydrogen-bond donors (Lipinski definition) is 1. The highest BCUT2D eigenvalue weighted by molar-refractivity contribution is 6.14. The van der Waals surface area contributed by atoms with Gasteiger partial charge in [-0.3, -0.25) is 9.59 Å². The molecule has 0 atom stereocenters. The second kappa shape index (κ2) is 14.3. The number of halogens is 4. The minimum absolute atomic E-state index is 0.129. The summed E-state index contributed by atoms with van der Waals surface area (Å²) < 4.78 is 60.6. The lowest BCUT2D eigenvalue weighted by Crippen LogP contribution is -2.39. The molecule has 0 saturated heterocycles. The van der Waals surface area contributed by atoms with E-state index in [1.54, 1.807) is 25.1 Å². The molecule has 3 aromatic carbocycles. The molecule has 1 aliphatic rings. The van der Waals surface area contributed by atoms with E-state index in [4.69, 9.17) is 4.74 Å². The van der Waals surface area contributed by atoms with E-state index in [9.17, 15) is 27.2 Å². The first kappa shape index (κ1) is 31.7. The predicted molar refractivity (Wildman–Crippen MR) is 159 cm³/mol. The van der Waals surface area contributed by atoms with E-state index in [1.165, 1.54) is 24.3 Å².